The molecule has 0 fully saturated rings. The van der Waals surface area contributed by atoms with Crippen LogP contribution in [0.15, 0.2) is 23.0 Å². The zero-order valence-electron chi connectivity index (χ0n) is 9.39. The van der Waals surface area contributed by atoms with E-state index in [1.165, 1.54) is 0 Å². The predicted octanol–water partition coefficient (Wildman–Crippen LogP) is 1.22. The molecule has 0 saturated heterocycles. The lowest BCUT2D eigenvalue weighted by molar-refractivity contribution is 0.327. The molecule has 2 N–H and O–H groups in total. The molecule has 0 amide bonds. The average Bonchev–Trinajstić information content (AvgIpc) is 2.73. The quantitative estimate of drug-likeness (QED) is 0.613. The highest BCUT2D eigenvalue weighted by Crippen LogP contribution is 2.04. The molecule has 94 valence electrons. The molecule has 0 spiro atoms. The van der Waals surface area contributed by atoms with Crippen LogP contribution in [0.1, 0.15) is 24.8 Å². The Bertz CT molecular complexity index is 467. The third-order valence-electron chi connectivity index (χ3n) is 1.95. The summed E-state index contributed by atoms with van der Waals surface area (Å²) in [6.07, 6.45) is 6.36. The molecule has 0 aromatic carbocycles. The normalized spacial score (nSPS) is 10.9. The summed E-state index contributed by atoms with van der Waals surface area (Å²) in [5.74, 6) is 5.76. The van der Waals surface area contributed by atoms with Gasteiger partial charge in [0.25, 0.3) is 0 Å². The summed E-state index contributed by atoms with van der Waals surface area (Å²) in [6, 6.07) is 1.92. The number of furan rings is 1. The highest BCUT2D eigenvalue weighted by Gasteiger charge is 1.98. The average molecular weight is 257 g/mol. The largest absolute Gasteiger partial charge is 0.472 e. The van der Waals surface area contributed by atoms with E-state index >= 15 is 0 Å². The Hall–Kier alpha value is -1.29. The van der Waals surface area contributed by atoms with E-state index in [4.69, 9.17) is 4.42 Å². The Kier molecular flexibility index (Phi) is 5.77. The molecule has 17 heavy (non-hydrogen) atoms. The molecule has 0 atom stereocenters. The van der Waals surface area contributed by atoms with Gasteiger partial charge in [0.05, 0.1) is 19.1 Å². The van der Waals surface area contributed by atoms with Crippen molar-refractivity contribution in [2.24, 2.45) is 5.14 Å². The van der Waals surface area contributed by atoms with Crippen molar-refractivity contribution >= 4 is 10.3 Å². The van der Waals surface area contributed by atoms with Gasteiger partial charge in [-0.25, -0.2) is 5.14 Å². The van der Waals surface area contributed by atoms with Gasteiger partial charge in [-0.3, -0.25) is 4.18 Å². The van der Waals surface area contributed by atoms with Gasteiger partial charge in [-0.1, -0.05) is 0 Å². The fraction of sp³-hybridized carbons (Fsp3) is 0.455. The molecular formula is C11H15NO4S. The lowest BCUT2D eigenvalue weighted by atomic mass is 10.1. The first-order valence-electron chi connectivity index (χ1n) is 5.22. The first-order valence-corrected chi connectivity index (χ1v) is 6.69. The van der Waals surface area contributed by atoms with Crippen molar-refractivity contribution in [1.82, 2.24) is 0 Å². The maximum absolute atomic E-state index is 10.4. The third kappa shape index (κ3) is 7.58. The molecule has 1 rings (SSSR count). The van der Waals surface area contributed by atoms with E-state index in [0.29, 0.717) is 6.42 Å². The second kappa shape index (κ2) is 7.12. The van der Waals surface area contributed by atoms with E-state index in [2.05, 4.69) is 21.2 Å². The van der Waals surface area contributed by atoms with Gasteiger partial charge >= 0.3 is 10.3 Å². The summed E-state index contributed by atoms with van der Waals surface area (Å²) >= 11 is 0. The van der Waals surface area contributed by atoms with E-state index in [1.807, 2.05) is 6.07 Å². The number of unbranched alkanes of at least 4 members (excludes halogenated alkanes) is 1. The predicted molar refractivity (Wildman–Crippen MR) is 63.1 cm³/mol. The van der Waals surface area contributed by atoms with E-state index in [9.17, 15) is 8.42 Å². The van der Waals surface area contributed by atoms with Crippen LogP contribution in [0.4, 0.5) is 0 Å². The van der Waals surface area contributed by atoms with Gasteiger partial charge in [0.1, 0.15) is 0 Å². The Balaban J connectivity index is 2.03. The van der Waals surface area contributed by atoms with Crippen LogP contribution in [0.3, 0.4) is 0 Å². The Morgan fingerprint density at radius 1 is 1.35 bits per heavy atom. The number of hydrogen-bond acceptors (Lipinski definition) is 4. The van der Waals surface area contributed by atoms with E-state index < -0.39 is 10.3 Å². The smallest absolute Gasteiger partial charge is 0.333 e. The van der Waals surface area contributed by atoms with Crippen molar-refractivity contribution in [1.29, 1.82) is 0 Å². The lowest BCUT2D eigenvalue weighted by Crippen LogP contribution is -2.16. The van der Waals surface area contributed by atoms with Gasteiger partial charge in [-0.05, 0) is 24.5 Å². The molecule has 1 aromatic heterocycles. The summed E-state index contributed by atoms with van der Waals surface area (Å²) in [6.45, 7) is 0.00750. The minimum Gasteiger partial charge on any atom is -0.472 e. The van der Waals surface area contributed by atoms with E-state index in [-0.39, 0.29) is 6.61 Å². The van der Waals surface area contributed by atoms with Crippen molar-refractivity contribution in [3.8, 4) is 11.8 Å². The van der Waals surface area contributed by atoms with Crippen LogP contribution in [0, 0.1) is 11.8 Å². The van der Waals surface area contributed by atoms with Gasteiger partial charge in [0.15, 0.2) is 0 Å². The lowest BCUT2D eigenvalue weighted by Gasteiger charge is -1.94. The molecule has 1 aromatic rings. The maximum atomic E-state index is 10.4. The summed E-state index contributed by atoms with van der Waals surface area (Å²) in [5.41, 5.74) is 1.16. The van der Waals surface area contributed by atoms with Gasteiger partial charge in [0.2, 0.25) is 0 Å². The molecule has 6 heteroatoms. The monoisotopic (exact) mass is 257 g/mol. The van der Waals surface area contributed by atoms with Crippen LogP contribution < -0.4 is 5.14 Å². The Morgan fingerprint density at radius 2 is 2.12 bits per heavy atom. The standard InChI is InChI=1S/C11H15NO4S/c12-17(13,14)16-8-5-3-1-2-4-6-11-7-9-15-10-11/h7,9-10H,2,4-6,8H2,(H2,12,13,14). The Morgan fingerprint density at radius 3 is 2.76 bits per heavy atom. The van der Waals surface area contributed by atoms with E-state index in [0.717, 1.165) is 24.8 Å². The van der Waals surface area contributed by atoms with Crippen LogP contribution >= 0.6 is 0 Å². The first kappa shape index (κ1) is 13.8. The first-order chi connectivity index (χ1) is 8.08. The molecule has 0 radical (unpaired) electrons. The molecule has 5 nitrogen and oxygen atoms in total. The summed E-state index contributed by atoms with van der Waals surface area (Å²) in [5, 5.41) is 4.65. The minimum absolute atomic E-state index is 0.00750. The van der Waals surface area contributed by atoms with Gasteiger partial charge in [-0.2, -0.15) is 8.42 Å². The van der Waals surface area contributed by atoms with Gasteiger partial charge in [-0.15, -0.1) is 11.8 Å². The summed E-state index contributed by atoms with van der Waals surface area (Å²) in [4.78, 5) is 0. The summed E-state index contributed by atoms with van der Waals surface area (Å²) in [7, 11) is -3.83. The van der Waals surface area contributed by atoms with Crippen LogP contribution in [0.25, 0.3) is 0 Å². The highest BCUT2D eigenvalue weighted by molar-refractivity contribution is 7.84. The third-order valence-corrected chi connectivity index (χ3v) is 2.44. The second-order valence-corrected chi connectivity index (χ2v) is 4.62. The minimum atomic E-state index is -3.83. The second-order valence-electron chi connectivity index (χ2n) is 3.40. The number of aryl methyl sites for hydroxylation is 1. The molecular weight excluding hydrogens is 242 g/mol. The van der Waals surface area contributed by atoms with Gasteiger partial charge < -0.3 is 4.42 Å². The maximum Gasteiger partial charge on any atom is 0.333 e. The van der Waals surface area contributed by atoms with Crippen LogP contribution in [-0.4, -0.2) is 15.0 Å². The fourth-order valence-corrected chi connectivity index (χ4v) is 1.52. The van der Waals surface area contributed by atoms with Crippen molar-refractivity contribution in [3.05, 3.63) is 24.2 Å². The van der Waals surface area contributed by atoms with Crippen LogP contribution in [0.5, 0.6) is 0 Å². The van der Waals surface area contributed by atoms with Gasteiger partial charge in [0, 0.05) is 12.8 Å². The van der Waals surface area contributed by atoms with Crippen molar-refractivity contribution in [3.63, 3.8) is 0 Å². The number of nitrogens with two attached hydrogens (primary N) is 1. The zero-order chi connectivity index (χ0) is 12.6. The molecule has 0 aliphatic heterocycles. The molecule has 0 bridgehead atoms. The van der Waals surface area contributed by atoms with Crippen LogP contribution in [0.2, 0.25) is 0 Å². The molecule has 0 aliphatic rings. The van der Waals surface area contributed by atoms with E-state index in [1.54, 1.807) is 12.5 Å². The molecule has 0 unspecified atom stereocenters. The fourth-order valence-electron chi connectivity index (χ4n) is 1.20. The number of rotatable bonds is 6. The van der Waals surface area contributed by atoms with Crippen molar-refractivity contribution in [2.75, 3.05) is 6.61 Å². The topological polar surface area (TPSA) is 82.5 Å². The highest BCUT2D eigenvalue weighted by atomic mass is 32.2. The van der Waals surface area contributed by atoms with Crippen molar-refractivity contribution in [2.45, 2.75) is 25.7 Å². The van der Waals surface area contributed by atoms with Crippen LogP contribution in [-0.2, 0) is 20.9 Å². The number of hydrogen-bond donors (Lipinski definition) is 1. The van der Waals surface area contributed by atoms with Crippen molar-refractivity contribution < 1.29 is 17.0 Å². The molecule has 0 saturated carbocycles. The zero-order valence-corrected chi connectivity index (χ0v) is 10.2. The molecule has 0 aliphatic carbocycles. The Labute approximate surface area is 101 Å². The summed E-state index contributed by atoms with van der Waals surface area (Å²) < 4.78 is 30.1. The molecule has 1 heterocycles. The SMILES string of the molecule is NS(=O)(=O)OCCC#CCCCc1ccoc1.